The average molecular weight is 306 g/mol. The summed E-state index contributed by atoms with van der Waals surface area (Å²) < 4.78 is 1.66. The number of hydrogen-bond donors (Lipinski definition) is 1. The first-order chi connectivity index (χ1) is 10.1. The second kappa shape index (κ2) is 7.09. The fourth-order valence-electron chi connectivity index (χ4n) is 2.18. The first-order valence-electron chi connectivity index (χ1n) is 7.33. The molecule has 0 bridgehead atoms. The van der Waals surface area contributed by atoms with Crippen LogP contribution >= 0.6 is 11.8 Å². The number of aromatic nitrogens is 2. The maximum atomic E-state index is 12.8. The SMILES string of the molecule is CCC(CO)n1c(SCC(C)C)nc2ccccc2c1=O. The lowest BCUT2D eigenvalue weighted by Crippen LogP contribution is -2.29. The molecule has 1 aromatic carbocycles. The third-order valence-corrected chi connectivity index (χ3v) is 4.75. The number of para-hydroxylation sites is 1. The maximum Gasteiger partial charge on any atom is 0.262 e. The van der Waals surface area contributed by atoms with Gasteiger partial charge in [-0.15, -0.1) is 0 Å². The molecule has 0 radical (unpaired) electrons. The lowest BCUT2D eigenvalue weighted by molar-refractivity contribution is 0.213. The van der Waals surface area contributed by atoms with Gasteiger partial charge in [0.25, 0.3) is 5.56 Å². The van der Waals surface area contributed by atoms with Gasteiger partial charge in [0, 0.05) is 5.75 Å². The van der Waals surface area contributed by atoms with Crippen molar-refractivity contribution in [1.29, 1.82) is 0 Å². The summed E-state index contributed by atoms with van der Waals surface area (Å²) in [6, 6.07) is 7.17. The first-order valence-corrected chi connectivity index (χ1v) is 8.32. The van der Waals surface area contributed by atoms with Crippen LogP contribution in [0.25, 0.3) is 10.9 Å². The molecule has 1 N–H and O–H groups in total. The summed E-state index contributed by atoms with van der Waals surface area (Å²) in [5, 5.41) is 10.9. The number of nitrogens with zero attached hydrogens (tertiary/aromatic N) is 2. The predicted molar refractivity (Wildman–Crippen MR) is 88.0 cm³/mol. The molecule has 0 fully saturated rings. The van der Waals surface area contributed by atoms with Crippen molar-refractivity contribution in [3.05, 3.63) is 34.6 Å². The topological polar surface area (TPSA) is 55.1 Å². The Bertz CT molecular complexity index is 663. The van der Waals surface area contributed by atoms with Gasteiger partial charge in [0.05, 0.1) is 23.6 Å². The summed E-state index contributed by atoms with van der Waals surface area (Å²) in [6.07, 6.45) is 0.700. The van der Waals surface area contributed by atoms with E-state index in [4.69, 9.17) is 0 Å². The minimum atomic E-state index is -0.218. The molecule has 4 nitrogen and oxygen atoms in total. The van der Waals surface area contributed by atoms with E-state index in [0.29, 0.717) is 22.9 Å². The van der Waals surface area contributed by atoms with Crippen molar-refractivity contribution in [2.45, 2.75) is 38.4 Å². The summed E-state index contributed by atoms with van der Waals surface area (Å²) in [5.41, 5.74) is 0.658. The van der Waals surface area contributed by atoms with E-state index in [2.05, 4.69) is 18.8 Å². The number of fused-ring (bicyclic) bond motifs is 1. The second-order valence-corrected chi connectivity index (χ2v) is 6.52. The van der Waals surface area contributed by atoms with E-state index in [1.807, 2.05) is 25.1 Å². The van der Waals surface area contributed by atoms with E-state index in [-0.39, 0.29) is 18.2 Å². The highest BCUT2D eigenvalue weighted by atomic mass is 32.2. The van der Waals surface area contributed by atoms with Crippen LogP contribution in [0, 0.1) is 5.92 Å². The molecule has 0 aliphatic rings. The standard InChI is InChI=1S/C16H22N2O2S/c1-4-12(9-19)18-15(20)13-7-5-6-8-14(13)17-16(18)21-10-11(2)3/h5-8,11-12,19H,4,9-10H2,1-3H3. The van der Waals surface area contributed by atoms with Gasteiger partial charge >= 0.3 is 0 Å². The molecule has 1 heterocycles. The molecule has 2 aromatic rings. The molecule has 0 spiro atoms. The molecule has 2 rings (SSSR count). The third-order valence-electron chi connectivity index (χ3n) is 3.37. The van der Waals surface area contributed by atoms with Crippen LogP contribution in [-0.4, -0.2) is 27.0 Å². The lowest BCUT2D eigenvalue weighted by atomic mass is 10.2. The van der Waals surface area contributed by atoms with Crippen molar-refractivity contribution in [2.24, 2.45) is 5.92 Å². The van der Waals surface area contributed by atoms with Crippen LogP contribution in [0.3, 0.4) is 0 Å². The smallest absolute Gasteiger partial charge is 0.262 e. The molecule has 0 saturated carbocycles. The molecule has 1 unspecified atom stereocenters. The van der Waals surface area contributed by atoms with Gasteiger partial charge in [-0.1, -0.05) is 44.7 Å². The quantitative estimate of drug-likeness (QED) is 0.658. The van der Waals surface area contributed by atoms with Gasteiger partial charge in [0.2, 0.25) is 0 Å². The van der Waals surface area contributed by atoms with Crippen LogP contribution in [0.2, 0.25) is 0 Å². The summed E-state index contributed by atoms with van der Waals surface area (Å²) in [5.74, 6) is 1.41. The fourth-order valence-corrected chi connectivity index (χ4v) is 3.20. The van der Waals surface area contributed by atoms with Gasteiger partial charge in [0.15, 0.2) is 5.16 Å². The molecule has 1 aromatic heterocycles. The highest BCUT2D eigenvalue weighted by molar-refractivity contribution is 7.99. The summed E-state index contributed by atoms with van der Waals surface area (Å²) in [7, 11) is 0. The van der Waals surface area contributed by atoms with Crippen molar-refractivity contribution in [1.82, 2.24) is 9.55 Å². The van der Waals surface area contributed by atoms with Crippen molar-refractivity contribution in [3.63, 3.8) is 0 Å². The molecule has 0 amide bonds. The molecule has 0 aliphatic carbocycles. The fraction of sp³-hybridized carbons (Fsp3) is 0.500. The van der Waals surface area contributed by atoms with Gasteiger partial charge in [0.1, 0.15) is 0 Å². The predicted octanol–water partition coefficient (Wildman–Crippen LogP) is 3.09. The van der Waals surface area contributed by atoms with E-state index in [1.54, 1.807) is 22.4 Å². The molecular formula is C16H22N2O2S. The largest absolute Gasteiger partial charge is 0.394 e. The monoisotopic (exact) mass is 306 g/mol. The summed E-state index contributed by atoms with van der Waals surface area (Å²) >= 11 is 1.58. The highest BCUT2D eigenvalue weighted by Gasteiger charge is 2.18. The Morgan fingerprint density at radius 2 is 2.05 bits per heavy atom. The van der Waals surface area contributed by atoms with E-state index >= 15 is 0 Å². The Hall–Kier alpha value is -1.33. The van der Waals surface area contributed by atoms with Crippen LogP contribution < -0.4 is 5.56 Å². The van der Waals surface area contributed by atoms with E-state index in [9.17, 15) is 9.90 Å². The minimum absolute atomic E-state index is 0.0499. The van der Waals surface area contributed by atoms with Crippen molar-refractivity contribution in [3.8, 4) is 0 Å². The van der Waals surface area contributed by atoms with Crippen LogP contribution in [0.15, 0.2) is 34.2 Å². The number of thioether (sulfide) groups is 1. The zero-order valence-corrected chi connectivity index (χ0v) is 13.6. The van der Waals surface area contributed by atoms with Crippen molar-refractivity contribution < 1.29 is 5.11 Å². The Labute approximate surface area is 129 Å². The summed E-state index contributed by atoms with van der Waals surface area (Å²) in [4.78, 5) is 17.4. The molecule has 0 aliphatic heterocycles. The lowest BCUT2D eigenvalue weighted by Gasteiger charge is -2.20. The molecule has 5 heteroatoms. The molecule has 114 valence electrons. The highest BCUT2D eigenvalue weighted by Crippen LogP contribution is 2.23. The number of aliphatic hydroxyl groups is 1. The Kier molecular flexibility index (Phi) is 5.42. The van der Waals surface area contributed by atoms with E-state index < -0.39 is 0 Å². The number of benzene rings is 1. The van der Waals surface area contributed by atoms with E-state index in [0.717, 1.165) is 11.3 Å². The molecule has 1 atom stereocenters. The zero-order chi connectivity index (χ0) is 15.4. The number of rotatable bonds is 6. The van der Waals surface area contributed by atoms with Crippen LogP contribution in [0.4, 0.5) is 0 Å². The second-order valence-electron chi connectivity index (χ2n) is 5.54. The molecule has 21 heavy (non-hydrogen) atoms. The van der Waals surface area contributed by atoms with Gasteiger partial charge < -0.3 is 5.11 Å². The zero-order valence-electron chi connectivity index (χ0n) is 12.7. The van der Waals surface area contributed by atoms with Crippen LogP contribution in [0.5, 0.6) is 0 Å². The van der Waals surface area contributed by atoms with Gasteiger partial charge in [-0.2, -0.15) is 0 Å². The normalized spacial score (nSPS) is 13.0. The number of aliphatic hydroxyl groups excluding tert-OH is 1. The van der Waals surface area contributed by atoms with Crippen LogP contribution in [0.1, 0.15) is 33.2 Å². The Morgan fingerprint density at radius 3 is 2.67 bits per heavy atom. The Balaban J connectivity index is 2.62. The molecular weight excluding hydrogens is 284 g/mol. The third kappa shape index (κ3) is 3.47. The molecule has 0 saturated heterocycles. The van der Waals surface area contributed by atoms with Crippen molar-refractivity contribution in [2.75, 3.05) is 12.4 Å². The first kappa shape index (κ1) is 16.0. The Morgan fingerprint density at radius 1 is 1.33 bits per heavy atom. The van der Waals surface area contributed by atoms with Crippen molar-refractivity contribution >= 4 is 22.7 Å². The maximum absolute atomic E-state index is 12.8. The summed E-state index contributed by atoms with van der Waals surface area (Å²) in [6.45, 7) is 6.20. The van der Waals surface area contributed by atoms with Gasteiger partial charge in [-0.3, -0.25) is 9.36 Å². The average Bonchev–Trinajstić information content (AvgIpc) is 2.48. The van der Waals surface area contributed by atoms with Crippen LogP contribution in [-0.2, 0) is 0 Å². The minimum Gasteiger partial charge on any atom is -0.394 e. The van der Waals surface area contributed by atoms with Gasteiger partial charge in [-0.25, -0.2) is 4.98 Å². The van der Waals surface area contributed by atoms with E-state index in [1.165, 1.54) is 0 Å². The van der Waals surface area contributed by atoms with Gasteiger partial charge in [-0.05, 0) is 24.5 Å². The number of hydrogen-bond acceptors (Lipinski definition) is 4.